The van der Waals surface area contributed by atoms with Gasteiger partial charge in [-0.25, -0.2) is 5.90 Å². The predicted octanol–water partition coefficient (Wildman–Crippen LogP) is 0.505. The highest BCUT2D eigenvalue weighted by Gasteiger charge is 2.45. The molecule has 1 aliphatic carbocycles. The summed E-state index contributed by atoms with van der Waals surface area (Å²) < 4.78 is 0. The molecular weight excluding hydrogens is 140 g/mol. The van der Waals surface area contributed by atoms with Crippen LogP contribution in [0.15, 0.2) is 0 Å². The molecule has 0 aromatic heterocycles. The molecule has 3 heteroatoms. The van der Waals surface area contributed by atoms with E-state index >= 15 is 0 Å². The van der Waals surface area contributed by atoms with E-state index in [2.05, 4.69) is 4.90 Å². The van der Waals surface area contributed by atoms with Crippen LogP contribution in [0.1, 0.15) is 25.7 Å². The summed E-state index contributed by atoms with van der Waals surface area (Å²) in [6, 6.07) is 0. The molecule has 0 radical (unpaired) electrons. The highest BCUT2D eigenvalue weighted by molar-refractivity contribution is 4.98. The van der Waals surface area contributed by atoms with Crippen molar-refractivity contribution in [2.45, 2.75) is 31.3 Å². The zero-order chi connectivity index (χ0) is 7.73. The molecular formula is C8H16N2O. The van der Waals surface area contributed by atoms with E-state index in [1.165, 1.54) is 25.9 Å². The van der Waals surface area contributed by atoms with Gasteiger partial charge in [-0.15, -0.1) is 0 Å². The van der Waals surface area contributed by atoms with Crippen LogP contribution in [0.4, 0.5) is 0 Å². The molecule has 1 aliphatic heterocycles. The van der Waals surface area contributed by atoms with Crippen molar-refractivity contribution < 1.29 is 4.84 Å². The number of nitrogens with zero attached hydrogens (tertiary/aromatic N) is 1. The van der Waals surface area contributed by atoms with Gasteiger partial charge in [-0.2, -0.15) is 0 Å². The Bertz CT molecular complexity index is 139. The quantitative estimate of drug-likeness (QED) is 0.605. The molecule has 0 aromatic rings. The van der Waals surface area contributed by atoms with Crippen molar-refractivity contribution in [3.05, 3.63) is 0 Å². The molecule has 0 aromatic carbocycles. The molecule has 0 atom stereocenters. The Morgan fingerprint density at radius 3 is 2.36 bits per heavy atom. The van der Waals surface area contributed by atoms with Crippen LogP contribution in [-0.4, -0.2) is 30.1 Å². The summed E-state index contributed by atoms with van der Waals surface area (Å²) in [5.41, 5.74) is 0.0599. The average molecular weight is 156 g/mol. The molecule has 1 saturated heterocycles. The van der Waals surface area contributed by atoms with Crippen molar-refractivity contribution in [1.29, 1.82) is 0 Å². The fourth-order valence-electron chi connectivity index (χ4n) is 1.80. The maximum Gasteiger partial charge on any atom is 0.102 e. The maximum atomic E-state index is 5.22. The van der Waals surface area contributed by atoms with Gasteiger partial charge in [0.15, 0.2) is 0 Å². The lowest BCUT2D eigenvalue weighted by atomic mass is 10.3. The Morgan fingerprint density at radius 2 is 1.91 bits per heavy atom. The van der Waals surface area contributed by atoms with Gasteiger partial charge in [-0.05, 0) is 38.8 Å². The van der Waals surface area contributed by atoms with E-state index in [-0.39, 0.29) is 5.60 Å². The molecule has 0 unspecified atom stereocenters. The fraction of sp³-hybridized carbons (Fsp3) is 1.00. The van der Waals surface area contributed by atoms with Crippen molar-refractivity contribution >= 4 is 0 Å². The molecule has 2 fully saturated rings. The summed E-state index contributed by atoms with van der Waals surface area (Å²) in [4.78, 5) is 7.43. The lowest BCUT2D eigenvalue weighted by Crippen LogP contribution is -2.35. The van der Waals surface area contributed by atoms with Crippen LogP contribution in [0.25, 0.3) is 0 Å². The first kappa shape index (κ1) is 7.53. The second-order valence-corrected chi connectivity index (χ2v) is 3.78. The van der Waals surface area contributed by atoms with Crippen LogP contribution in [0, 0.1) is 0 Å². The normalized spacial score (nSPS) is 29.2. The third-order valence-corrected chi connectivity index (χ3v) is 2.77. The lowest BCUT2D eigenvalue weighted by molar-refractivity contribution is 0.00980. The van der Waals surface area contributed by atoms with Crippen LogP contribution < -0.4 is 5.90 Å². The van der Waals surface area contributed by atoms with E-state index in [1.807, 2.05) is 0 Å². The molecule has 0 amide bonds. The summed E-state index contributed by atoms with van der Waals surface area (Å²) in [6.07, 6.45) is 5.00. The molecule has 1 saturated carbocycles. The topological polar surface area (TPSA) is 38.5 Å². The van der Waals surface area contributed by atoms with E-state index in [9.17, 15) is 0 Å². The molecule has 3 nitrogen and oxygen atoms in total. The van der Waals surface area contributed by atoms with E-state index < -0.39 is 0 Å². The number of hydrogen-bond donors (Lipinski definition) is 1. The number of rotatable bonds is 3. The van der Waals surface area contributed by atoms with Crippen molar-refractivity contribution in [1.82, 2.24) is 4.90 Å². The molecule has 2 rings (SSSR count). The summed E-state index contributed by atoms with van der Waals surface area (Å²) in [6.45, 7) is 3.54. The second kappa shape index (κ2) is 2.73. The van der Waals surface area contributed by atoms with E-state index in [0.29, 0.717) is 0 Å². The van der Waals surface area contributed by atoms with Gasteiger partial charge in [0.25, 0.3) is 0 Å². The largest absolute Gasteiger partial charge is 0.300 e. The zero-order valence-electron chi connectivity index (χ0n) is 6.88. The maximum absolute atomic E-state index is 5.22. The first-order valence-electron chi connectivity index (χ1n) is 4.45. The summed E-state index contributed by atoms with van der Waals surface area (Å²) in [5, 5.41) is 0. The monoisotopic (exact) mass is 156 g/mol. The van der Waals surface area contributed by atoms with Crippen LogP contribution in [0.5, 0.6) is 0 Å². The molecule has 0 bridgehead atoms. The van der Waals surface area contributed by atoms with Gasteiger partial charge in [0.05, 0.1) is 0 Å². The Balaban J connectivity index is 1.80. The minimum absolute atomic E-state index is 0.0599. The molecule has 64 valence electrons. The summed E-state index contributed by atoms with van der Waals surface area (Å²) >= 11 is 0. The van der Waals surface area contributed by atoms with Gasteiger partial charge >= 0.3 is 0 Å². The third kappa shape index (κ3) is 1.55. The first-order chi connectivity index (χ1) is 5.35. The molecule has 11 heavy (non-hydrogen) atoms. The van der Waals surface area contributed by atoms with E-state index in [0.717, 1.165) is 19.4 Å². The highest BCUT2D eigenvalue weighted by Crippen LogP contribution is 2.39. The van der Waals surface area contributed by atoms with Crippen molar-refractivity contribution in [3.8, 4) is 0 Å². The number of nitrogens with two attached hydrogens (primary N) is 1. The van der Waals surface area contributed by atoms with Crippen LogP contribution >= 0.6 is 0 Å². The smallest absolute Gasteiger partial charge is 0.102 e. The second-order valence-electron chi connectivity index (χ2n) is 3.78. The zero-order valence-corrected chi connectivity index (χ0v) is 6.88. The Labute approximate surface area is 67.4 Å². The minimum atomic E-state index is 0.0599. The van der Waals surface area contributed by atoms with Crippen molar-refractivity contribution in [3.63, 3.8) is 0 Å². The Hall–Kier alpha value is -0.120. The van der Waals surface area contributed by atoms with Gasteiger partial charge in [0.1, 0.15) is 5.60 Å². The summed E-state index contributed by atoms with van der Waals surface area (Å²) in [7, 11) is 0. The highest BCUT2D eigenvalue weighted by atomic mass is 16.6. The minimum Gasteiger partial charge on any atom is -0.300 e. The lowest BCUT2D eigenvalue weighted by Gasteiger charge is -2.20. The van der Waals surface area contributed by atoms with E-state index in [1.54, 1.807) is 0 Å². The van der Waals surface area contributed by atoms with E-state index in [4.69, 9.17) is 10.7 Å². The Morgan fingerprint density at radius 1 is 1.27 bits per heavy atom. The molecule has 2 aliphatic rings. The average Bonchev–Trinajstić information content (AvgIpc) is 2.59. The van der Waals surface area contributed by atoms with Gasteiger partial charge in [0.2, 0.25) is 0 Å². The first-order valence-corrected chi connectivity index (χ1v) is 4.45. The molecule has 0 spiro atoms. The van der Waals surface area contributed by atoms with Crippen LogP contribution in [-0.2, 0) is 4.84 Å². The van der Waals surface area contributed by atoms with Gasteiger partial charge in [-0.1, -0.05) is 0 Å². The van der Waals surface area contributed by atoms with Gasteiger partial charge in [-0.3, -0.25) is 4.84 Å². The molecule has 1 heterocycles. The number of hydrogen-bond acceptors (Lipinski definition) is 3. The standard InChI is InChI=1S/C8H16N2O/c9-11-8(3-4-8)7-10-5-1-2-6-10/h1-7,9H2. The fourth-order valence-corrected chi connectivity index (χ4v) is 1.80. The van der Waals surface area contributed by atoms with Crippen LogP contribution in [0.2, 0.25) is 0 Å². The van der Waals surface area contributed by atoms with Gasteiger partial charge in [0, 0.05) is 6.54 Å². The van der Waals surface area contributed by atoms with Crippen molar-refractivity contribution in [2.24, 2.45) is 5.90 Å². The van der Waals surface area contributed by atoms with Crippen molar-refractivity contribution in [2.75, 3.05) is 19.6 Å². The van der Waals surface area contributed by atoms with Crippen LogP contribution in [0.3, 0.4) is 0 Å². The predicted molar refractivity (Wildman–Crippen MR) is 42.9 cm³/mol. The van der Waals surface area contributed by atoms with Gasteiger partial charge < -0.3 is 4.90 Å². The third-order valence-electron chi connectivity index (χ3n) is 2.77. The Kier molecular flexibility index (Phi) is 1.87. The SMILES string of the molecule is NOC1(CN2CCCC2)CC1. The number of likely N-dealkylation sites (tertiary alicyclic amines) is 1. The summed E-state index contributed by atoms with van der Waals surface area (Å²) in [5.74, 6) is 5.22. The molecule has 2 N–H and O–H groups in total.